The first-order valence-electron chi connectivity index (χ1n) is 5.35. The largest absolute Gasteiger partial charge is 0.423 e. The maximum atomic E-state index is 11.8. The van der Waals surface area contributed by atoms with Crippen LogP contribution in [-0.4, -0.2) is 5.97 Å². The third-order valence-corrected chi connectivity index (χ3v) is 3.26. The molecule has 94 valence electrons. The van der Waals surface area contributed by atoms with Gasteiger partial charge in [-0.25, -0.2) is 0 Å². The van der Waals surface area contributed by atoms with Gasteiger partial charge in [-0.2, -0.15) is 0 Å². The lowest BCUT2D eigenvalue weighted by molar-refractivity contribution is -0.139. The summed E-state index contributed by atoms with van der Waals surface area (Å²) in [5, 5.41) is 0.881. The van der Waals surface area contributed by atoms with E-state index in [4.69, 9.17) is 39.5 Å². The van der Waals surface area contributed by atoms with E-state index in [0.29, 0.717) is 5.02 Å². The number of halogens is 3. The van der Waals surface area contributed by atoms with Crippen LogP contribution in [0.15, 0.2) is 12.1 Å². The molecule has 1 rings (SSSR count). The van der Waals surface area contributed by atoms with E-state index in [1.807, 2.05) is 13.8 Å². The van der Waals surface area contributed by atoms with Gasteiger partial charge in [0.2, 0.25) is 0 Å². The maximum Gasteiger partial charge on any atom is 0.314 e. The maximum absolute atomic E-state index is 11.8. The van der Waals surface area contributed by atoms with Crippen LogP contribution >= 0.6 is 34.8 Å². The highest BCUT2D eigenvalue weighted by Crippen LogP contribution is 2.36. The molecule has 5 heteroatoms. The van der Waals surface area contributed by atoms with Crippen LogP contribution in [0.5, 0.6) is 5.75 Å². The van der Waals surface area contributed by atoms with E-state index < -0.39 is 0 Å². The third-order valence-electron chi connectivity index (χ3n) is 2.48. The van der Waals surface area contributed by atoms with Crippen molar-refractivity contribution in [2.75, 3.05) is 0 Å². The molecule has 0 aliphatic heterocycles. The van der Waals surface area contributed by atoms with Gasteiger partial charge in [0, 0.05) is 5.02 Å². The van der Waals surface area contributed by atoms with Crippen molar-refractivity contribution in [2.45, 2.75) is 26.7 Å². The van der Waals surface area contributed by atoms with Crippen LogP contribution < -0.4 is 4.74 Å². The zero-order valence-corrected chi connectivity index (χ0v) is 11.9. The second kappa shape index (κ2) is 6.48. The first-order chi connectivity index (χ1) is 7.99. The summed E-state index contributed by atoms with van der Waals surface area (Å²) in [5.74, 6) is -0.284. The highest BCUT2D eigenvalue weighted by Gasteiger charge is 2.19. The number of hydrogen-bond donors (Lipinski definition) is 0. The normalized spacial score (nSPS) is 10.7. The lowest BCUT2D eigenvalue weighted by Gasteiger charge is -2.13. The Morgan fingerprint density at radius 1 is 1.18 bits per heavy atom. The molecular formula is C12H13Cl3O2. The van der Waals surface area contributed by atoms with Crippen molar-refractivity contribution in [3.05, 3.63) is 27.2 Å². The molecule has 0 atom stereocenters. The number of ether oxygens (including phenoxy) is 1. The predicted octanol–water partition coefficient (Wildman–Crippen LogP) is 4.99. The van der Waals surface area contributed by atoms with E-state index in [0.717, 1.165) is 12.8 Å². The summed E-state index contributed by atoms with van der Waals surface area (Å²) in [6.45, 7) is 3.86. The summed E-state index contributed by atoms with van der Waals surface area (Å²) in [7, 11) is 0. The highest BCUT2D eigenvalue weighted by atomic mass is 35.5. The Labute approximate surface area is 116 Å². The molecule has 0 N–H and O–H groups in total. The molecule has 0 fully saturated rings. The molecular weight excluding hydrogens is 282 g/mol. The fourth-order valence-corrected chi connectivity index (χ4v) is 2.33. The minimum absolute atomic E-state index is 0.141. The van der Waals surface area contributed by atoms with Crippen LogP contribution in [-0.2, 0) is 4.79 Å². The van der Waals surface area contributed by atoms with E-state index in [9.17, 15) is 4.79 Å². The van der Waals surface area contributed by atoms with E-state index >= 15 is 0 Å². The standard InChI is InChI=1S/C12H13Cl3O2/c1-3-7(4-2)12(16)17-11-9(14)5-8(13)6-10(11)15/h5-7H,3-4H2,1-2H3. The highest BCUT2D eigenvalue weighted by molar-refractivity contribution is 6.40. The zero-order chi connectivity index (χ0) is 13.0. The summed E-state index contributed by atoms with van der Waals surface area (Å²) in [6.07, 6.45) is 1.44. The average Bonchev–Trinajstić information content (AvgIpc) is 2.25. The summed E-state index contributed by atoms with van der Waals surface area (Å²) < 4.78 is 5.21. The van der Waals surface area contributed by atoms with Gasteiger partial charge in [-0.15, -0.1) is 0 Å². The van der Waals surface area contributed by atoms with Gasteiger partial charge in [-0.05, 0) is 25.0 Å². The fraction of sp³-hybridized carbons (Fsp3) is 0.417. The second-order valence-corrected chi connectivity index (χ2v) is 4.88. The van der Waals surface area contributed by atoms with E-state index in [2.05, 4.69) is 0 Å². The molecule has 0 amide bonds. The molecule has 0 heterocycles. The Kier molecular flexibility index (Phi) is 5.57. The molecule has 0 aromatic heterocycles. The molecule has 2 nitrogen and oxygen atoms in total. The topological polar surface area (TPSA) is 26.3 Å². The van der Waals surface area contributed by atoms with Gasteiger partial charge in [0.15, 0.2) is 5.75 Å². The van der Waals surface area contributed by atoms with Crippen molar-refractivity contribution >= 4 is 40.8 Å². The van der Waals surface area contributed by atoms with Crippen molar-refractivity contribution in [2.24, 2.45) is 5.92 Å². The van der Waals surface area contributed by atoms with E-state index in [1.165, 1.54) is 12.1 Å². The number of esters is 1. The smallest absolute Gasteiger partial charge is 0.314 e. The van der Waals surface area contributed by atoms with Crippen molar-refractivity contribution in [3.63, 3.8) is 0 Å². The van der Waals surface area contributed by atoms with Crippen LogP contribution in [0.2, 0.25) is 15.1 Å². The van der Waals surface area contributed by atoms with Gasteiger partial charge in [0.25, 0.3) is 0 Å². The first kappa shape index (κ1) is 14.6. The number of carbonyl (C=O) groups excluding carboxylic acids is 1. The molecule has 1 aromatic carbocycles. The quantitative estimate of drug-likeness (QED) is 0.578. The Hall–Kier alpha value is -0.440. The molecule has 0 spiro atoms. The molecule has 0 unspecified atom stereocenters. The van der Waals surface area contributed by atoms with Crippen LogP contribution in [0.1, 0.15) is 26.7 Å². The van der Waals surface area contributed by atoms with E-state index in [1.54, 1.807) is 0 Å². The summed E-state index contributed by atoms with van der Waals surface area (Å²) in [6, 6.07) is 2.98. The van der Waals surface area contributed by atoms with Crippen LogP contribution in [0.25, 0.3) is 0 Å². The molecule has 0 radical (unpaired) electrons. The van der Waals surface area contributed by atoms with Crippen molar-refractivity contribution < 1.29 is 9.53 Å². The molecule has 0 aliphatic carbocycles. The summed E-state index contributed by atoms with van der Waals surface area (Å²) >= 11 is 17.6. The Morgan fingerprint density at radius 3 is 2.06 bits per heavy atom. The van der Waals surface area contributed by atoms with Crippen molar-refractivity contribution in [1.29, 1.82) is 0 Å². The van der Waals surface area contributed by atoms with Gasteiger partial charge in [0.1, 0.15) is 0 Å². The fourth-order valence-electron chi connectivity index (χ4n) is 1.43. The van der Waals surface area contributed by atoms with E-state index in [-0.39, 0.29) is 27.7 Å². The minimum Gasteiger partial charge on any atom is -0.423 e. The van der Waals surface area contributed by atoms with Gasteiger partial charge in [-0.3, -0.25) is 4.79 Å². The summed E-state index contributed by atoms with van der Waals surface area (Å²) in [4.78, 5) is 11.8. The Bertz CT molecular complexity index is 391. The van der Waals surface area contributed by atoms with Crippen molar-refractivity contribution in [1.82, 2.24) is 0 Å². The molecule has 17 heavy (non-hydrogen) atoms. The second-order valence-electron chi connectivity index (χ2n) is 3.63. The van der Waals surface area contributed by atoms with Gasteiger partial charge < -0.3 is 4.74 Å². The van der Waals surface area contributed by atoms with Crippen LogP contribution in [0, 0.1) is 5.92 Å². The van der Waals surface area contributed by atoms with Crippen LogP contribution in [0.3, 0.4) is 0 Å². The predicted molar refractivity (Wildman–Crippen MR) is 71.2 cm³/mol. The number of rotatable bonds is 4. The molecule has 1 aromatic rings. The SMILES string of the molecule is CCC(CC)C(=O)Oc1c(Cl)cc(Cl)cc1Cl. The third kappa shape index (κ3) is 3.77. The van der Waals surface area contributed by atoms with Crippen LogP contribution in [0.4, 0.5) is 0 Å². The molecule has 0 bridgehead atoms. The van der Waals surface area contributed by atoms with Crippen molar-refractivity contribution in [3.8, 4) is 5.75 Å². The Balaban J connectivity index is 2.92. The number of hydrogen-bond acceptors (Lipinski definition) is 2. The molecule has 0 saturated carbocycles. The minimum atomic E-state index is -0.318. The molecule has 0 aliphatic rings. The van der Waals surface area contributed by atoms with Gasteiger partial charge in [-0.1, -0.05) is 48.7 Å². The summed E-state index contributed by atoms with van der Waals surface area (Å²) in [5.41, 5.74) is 0. The average molecular weight is 296 g/mol. The zero-order valence-electron chi connectivity index (χ0n) is 9.60. The number of carbonyl (C=O) groups is 1. The lowest BCUT2D eigenvalue weighted by Crippen LogP contribution is -2.19. The Morgan fingerprint density at radius 2 is 1.65 bits per heavy atom. The lowest BCUT2D eigenvalue weighted by atomic mass is 10.0. The first-order valence-corrected chi connectivity index (χ1v) is 6.49. The molecule has 0 saturated heterocycles. The monoisotopic (exact) mass is 294 g/mol. The van der Waals surface area contributed by atoms with Gasteiger partial charge >= 0.3 is 5.97 Å². The number of benzene rings is 1. The van der Waals surface area contributed by atoms with Gasteiger partial charge in [0.05, 0.1) is 16.0 Å².